The third-order valence-electron chi connectivity index (χ3n) is 3.90. The van der Waals surface area contributed by atoms with Crippen molar-refractivity contribution in [1.82, 2.24) is 0 Å². The highest BCUT2D eigenvalue weighted by molar-refractivity contribution is 5.89. The number of rotatable bonds is 11. The van der Waals surface area contributed by atoms with Gasteiger partial charge in [-0.15, -0.1) is 0 Å². The van der Waals surface area contributed by atoms with E-state index in [1.165, 1.54) is 5.56 Å². The number of benzene rings is 1. The van der Waals surface area contributed by atoms with Gasteiger partial charge < -0.3 is 14.2 Å². The maximum atomic E-state index is 12.2. The molecule has 0 aliphatic heterocycles. The zero-order chi connectivity index (χ0) is 19.4. The third-order valence-corrected chi connectivity index (χ3v) is 3.90. The topological polar surface area (TPSA) is 61.8 Å². The Balaban J connectivity index is 2.38. The van der Waals surface area contributed by atoms with E-state index in [4.69, 9.17) is 14.2 Å². The van der Waals surface area contributed by atoms with Crippen molar-refractivity contribution >= 4 is 12.1 Å². The summed E-state index contributed by atoms with van der Waals surface area (Å²) in [5.74, 6) is -0.370. The molecular weight excluding hydrogens is 332 g/mol. The molecule has 0 N–H and O–H groups in total. The van der Waals surface area contributed by atoms with E-state index in [9.17, 15) is 9.59 Å². The van der Waals surface area contributed by atoms with Gasteiger partial charge in [-0.2, -0.15) is 0 Å². The second kappa shape index (κ2) is 11.6. The van der Waals surface area contributed by atoms with Gasteiger partial charge in [0.15, 0.2) is 0 Å². The van der Waals surface area contributed by atoms with Crippen LogP contribution >= 0.6 is 0 Å². The number of unbranched alkanes of at least 4 members (excludes halogenated alkanes) is 2. The maximum absolute atomic E-state index is 12.2. The van der Waals surface area contributed by atoms with Gasteiger partial charge in [-0.25, -0.2) is 9.59 Å². The van der Waals surface area contributed by atoms with Crippen LogP contribution in [0.4, 0.5) is 4.79 Å². The molecule has 26 heavy (non-hydrogen) atoms. The fourth-order valence-corrected chi connectivity index (χ4v) is 2.17. The van der Waals surface area contributed by atoms with Crippen molar-refractivity contribution in [2.75, 3.05) is 19.8 Å². The quantitative estimate of drug-likeness (QED) is 0.401. The van der Waals surface area contributed by atoms with E-state index in [2.05, 4.69) is 6.92 Å². The number of ether oxygens (including phenoxy) is 3. The van der Waals surface area contributed by atoms with Crippen molar-refractivity contribution in [3.8, 4) is 0 Å². The summed E-state index contributed by atoms with van der Waals surface area (Å²) in [6, 6.07) is 7.52. The Kier molecular flexibility index (Phi) is 9.78. The van der Waals surface area contributed by atoms with Crippen LogP contribution in [0.2, 0.25) is 0 Å². The first-order valence-electron chi connectivity index (χ1n) is 9.43. The van der Waals surface area contributed by atoms with Gasteiger partial charge in [0.1, 0.15) is 6.61 Å². The first-order chi connectivity index (χ1) is 12.4. The van der Waals surface area contributed by atoms with E-state index >= 15 is 0 Å². The predicted molar refractivity (Wildman–Crippen MR) is 101 cm³/mol. The fourth-order valence-electron chi connectivity index (χ4n) is 2.17. The van der Waals surface area contributed by atoms with Crippen LogP contribution in [0, 0.1) is 5.41 Å². The lowest BCUT2D eigenvalue weighted by Crippen LogP contribution is -2.29. The summed E-state index contributed by atoms with van der Waals surface area (Å²) in [5.41, 5.74) is 1.26. The Morgan fingerprint density at radius 1 is 0.885 bits per heavy atom. The van der Waals surface area contributed by atoms with Crippen LogP contribution in [-0.2, 0) is 20.6 Å². The number of hydrogen-bond acceptors (Lipinski definition) is 5. The standard InChI is InChI=1S/C21H32O5/c1-5-7-9-17-10-12-18(13-11-17)19(22)25-15-21(3,4)16-26-20(23)24-14-8-6-2/h10-13H,5-9,14-16H2,1-4H3. The van der Waals surface area contributed by atoms with Crippen LogP contribution in [0.1, 0.15) is 69.3 Å². The lowest BCUT2D eigenvalue weighted by Gasteiger charge is -2.23. The van der Waals surface area contributed by atoms with E-state index in [0.29, 0.717) is 12.2 Å². The Morgan fingerprint density at radius 3 is 2.12 bits per heavy atom. The maximum Gasteiger partial charge on any atom is 0.508 e. The van der Waals surface area contributed by atoms with Gasteiger partial charge in [-0.1, -0.05) is 52.7 Å². The van der Waals surface area contributed by atoms with E-state index in [0.717, 1.165) is 32.1 Å². The van der Waals surface area contributed by atoms with Gasteiger partial charge in [0.2, 0.25) is 0 Å². The van der Waals surface area contributed by atoms with Gasteiger partial charge in [0, 0.05) is 5.41 Å². The van der Waals surface area contributed by atoms with Crippen LogP contribution in [0.15, 0.2) is 24.3 Å². The van der Waals surface area contributed by atoms with Crippen molar-refractivity contribution < 1.29 is 23.8 Å². The van der Waals surface area contributed by atoms with E-state index in [1.54, 1.807) is 12.1 Å². The lowest BCUT2D eigenvalue weighted by molar-refractivity contribution is -0.000781. The average Bonchev–Trinajstić information content (AvgIpc) is 2.63. The monoisotopic (exact) mass is 364 g/mol. The van der Waals surface area contributed by atoms with Gasteiger partial charge >= 0.3 is 12.1 Å². The molecule has 5 nitrogen and oxygen atoms in total. The highest BCUT2D eigenvalue weighted by Crippen LogP contribution is 2.18. The number of carbonyl (C=O) groups excluding carboxylic acids is 2. The molecule has 0 heterocycles. The molecule has 0 aromatic heterocycles. The first-order valence-corrected chi connectivity index (χ1v) is 9.43. The highest BCUT2D eigenvalue weighted by atomic mass is 16.7. The summed E-state index contributed by atoms with van der Waals surface area (Å²) in [4.78, 5) is 23.7. The van der Waals surface area contributed by atoms with E-state index < -0.39 is 11.6 Å². The molecule has 0 fully saturated rings. The average molecular weight is 364 g/mol. The van der Waals surface area contributed by atoms with Crippen molar-refractivity contribution in [3.05, 3.63) is 35.4 Å². The summed E-state index contributed by atoms with van der Waals surface area (Å²) in [7, 11) is 0. The molecule has 0 aliphatic carbocycles. The van der Waals surface area contributed by atoms with Crippen LogP contribution in [0.25, 0.3) is 0 Å². The molecule has 0 amide bonds. The Labute approximate surface area is 157 Å². The molecule has 1 rings (SSSR count). The summed E-state index contributed by atoms with van der Waals surface area (Å²) in [5, 5.41) is 0. The van der Waals surface area contributed by atoms with Gasteiger partial charge in [0.25, 0.3) is 0 Å². The largest absolute Gasteiger partial charge is 0.508 e. The zero-order valence-corrected chi connectivity index (χ0v) is 16.5. The molecule has 0 spiro atoms. The molecule has 0 saturated heterocycles. The SMILES string of the molecule is CCCCOC(=O)OCC(C)(C)COC(=O)c1ccc(CCCC)cc1. The first kappa shape index (κ1) is 22.0. The fraction of sp³-hybridized carbons (Fsp3) is 0.619. The summed E-state index contributed by atoms with van der Waals surface area (Å²) in [6.07, 6.45) is 4.39. The van der Waals surface area contributed by atoms with Crippen LogP contribution in [-0.4, -0.2) is 31.9 Å². The van der Waals surface area contributed by atoms with Crippen LogP contribution in [0.3, 0.4) is 0 Å². The molecule has 1 aromatic rings. The molecule has 0 bridgehead atoms. The van der Waals surface area contributed by atoms with Gasteiger partial charge in [-0.3, -0.25) is 0 Å². The summed E-state index contributed by atoms with van der Waals surface area (Å²) in [6.45, 7) is 8.56. The molecule has 5 heteroatoms. The van der Waals surface area contributed by atoms with Gasteiger partial charge in [-0.05, 0) is 37.0 Å². The molecule has 0 atom stereocenters. The van der Waals surface area contributed by atoms with Crippen molar-refractivity contribution in [1.29, 1.82) is 0 Å². The van der Waals surface area contributed by atoms with E-state index in [1.807, 2.05) is 32.9 Å². The smallest absolute Gasteiger partial charge is 0.461 e. The van der Waals surface area contributed by atoms with E-state index in [-0.39, 0.29) is 19.2 Å². The van der Waals surface area contributed by atoms with Crippen LogP contribution < -0.4 is 0 Å². The highest BCUT2D eigenvalue weighted by Gasteiger charge is 2.23. The predicted octanol–water partition coefficient (Wildman–Crippen LogP) is 5.17. The number of carbonyl (C=O) groups is 2. The molecule has 146 valence electrons. The Hall–Kier alpha value is -2.04. The lowest BCUT2D eigenvalue weighted by atomic mass is 9.96. The third kappa shape index (κ3) is 8.88. The normalized spacial score (nSPS) is 11.1. The minimum absolute atomic E-state index is 0.126. The van der Waals surface area contributed by atoms with Crippen LogP contribution in [0.5, 0.6) is 0 Å². The van der Waals surface area contributed by atoms with Gasteiger partial charge in [0.05, 0.1) is 18.8 Å². The minimum atomic E-state index is -0.680. The summed E-state index contributed by atoms with van der Waals surface area (Å²) >= 11 is 0. The number of esters is 1. The molecule has 0 saturated carbocycles. The molecule has 0 aliphatic rings. The minimum Gasteiger partial charge on any atom is -0.461 e. The molecule has 0 radical (unpaired) electrons. The Morgan fingerprint density at radius 2 is 1.50 bits per heavy atom. The molecule has 1 aromatic carbocycles. The number of hydrogen-bond donors (Lipinski definition) is 0. The number of aryl methyl sites for hydroxylation is 1. The Bertz CT molecular complexity index is 548. The second-order valence-electron chi connectivity index (χ2n) is 7.28. The summed E-state index contributed by atoms with van der Waals surface area (Å²) < 4.78 is 15.4. The molecular formula is C21H32O5. The van der Waals surface area contributed by atoms with Crippen molar-refractivity contribution in [2.45, 2.75) is 59.8 Å². The zero-order valence-electron chi connectivity index (χ0n) is 16.5. The van der Waals surface area contributed by atoms with Crippen molar-refractivity contribution in [3.63, 3.8) is 0 Å². The second-order valence-corrected chi connectivity index (χ2v) is 7.28. The van der Waals surface area contributed by atoms with Crippen molar-refractivity contribution in [2.24, 2.45) is 5.41 Å². The molecule has 0 unspecified atom stereocenters.